The van der Waals surface area contributed by atoms with Gasteiger partial charge in [0.25, 0.3) is 5.19 Å². The first kappa shape index (κ1) is 9.44. The van der Waals surface area contributed by atoms with Crippen LogP contribution in [0.4, 0.5) is 0 Å². The number of aromatic nitrogens is 1. The van der Waals surface area contributed by atoms with Crippen molar-refractivity contribution >= 4 is 11.3 Å². The van der Waals surface area contributed by atoms with E-state index in [9.17, 15) is 0 Å². The summed E-state index contributed by atoms with van der Waals surface area (Å²) < 4.78 is 5.15. The van der Waals surface area contributed by atoms with Gasteiger partial charge in [-0.2, -0.15) is 0 Å². The average Bonchev–Trinajstić information content (AvgIpc) is 2.52. The average molecular weight is 188 g/mol. The molecule has 0 fully saturated rings. The lowest BCUT2D eigenvalue weighted by Crippen LogP contribution is -2.14. The number of nitrogens with two attached hydrogens (primary N) is 1. The Labute approximate surface area is 75.0 Å². The Balaban J connectivity index is 2.63. The molecular weight excluding hydrogens is 176 g/mol. The molecule has 1 heterocycles. The molecular formula is C7H12N2O2S. The molecule has 1 aromatic heterocycles. The third-order valence-corrected chi connectivity index (χ3v) is 2.12. The summed E-state index contributed by atoms with van der Waals surface area (Å²) >= 11 is 1.39. The zero-order valence-corrected chi connectivity index (χ0v) is 7.67. The molecule has 0 aliphatic heterocycles. The largest absolute Gasteiger partial charge is 0.470 e. The molecule has 0 spiro atoms. The molecule has 0 amide bonds. The Morgan fingerprint density at radius 2 is 2.58 bits per heavy atom. The number of nitrogens with zero attached hydrogens (tertiary/aromatic N) is 1. The van der Waals surface area contributed by atoms with Gasteiger partial charge in [0, 0.05) is 5.38 Å². The van der Waals surface area contributed by atoms with Crippen LogP contribution in [-0.2, 0) is 0 Å². The molecule has 12 heavy (non-hydrogen) atoms. The van der Waals surface area contributed by atoms with Crippen molar-refractivity contribution < 1.29 is 9.84 Å². The summed E-state index contributed by atoms with van der Waals surface area (Å²) in [6.07, 6.45) is 0. The van der Waals surface area contributed by atoms with Crippen molar-refractivity contribution in [2.24, 2.45) is 5.73 Å². The van der Waals surface area contributed by atoms with Crippen LogP contribution in [0.5, 0.6) is 5.19 Å². The second-order valence-electron chi connectivity index (χ2n) is 2.26. The van der Waals surface area contributed by atoms with Crippen molar-refractivity contribution in [3.05, 3.63) is 11.1 Å². The third-order valence-electron chi connectivity index (χ3n) is 1.35. The maximum Gasteiger partial charge on any atom is 0.273 e. The number of hydrogen-bond acceptors (Lipinski definition) is 5. The summed E-state index contributed by atoms with van der Waals surface area (Å²) in [5, 5.41) is 11.1. The Bertz CT molecular complexity index is 239. The number of aliphatic hydroxyl groups is 1. The molecule has 0 saturated carbocycles. The Morgan fingerprint density at radius 3 is 3.17 bits per heavy atom. The normalized spacial score (nSPS) is 12.9. The first-order valence-electron chi connectivity index (χ1n) is 3.72. The van der Waals surface area contributed by atoms with Crippen LogP contribution in [0, 0.1) is 0 Å². The highest BCUT2D eigenvalue weighted by Gasteiger charge is 2.09. The van der Waals surface area contributed by atoms with Crippen LogP contribution < -0.4 is 10.5 Å². The molecule has 0 bridgehead atoms. The fourth-order valence-corrected chi connectivity index (χ4v) is 1.52. The van der Waals surface area contributed by atoms with Crippen molar-refractivity contribution in [2.45, 2.75) is 13.0 Å². The van der Waals surface area contributed by atoms with Gasteiger partial charge in [-0.1, -0.05) is 11.3 Å². The minimum Gasteiger partial charge on any atom is -0.470 e. The highest BCUT2D eigenvalue weighted by atomic mass is 32.1. The Hall–Kier alpha value is -0.650. The zero-order chi connectivity index (χ0) is 8.97. The molecule has 0 aromatic carbocycles. The topological polar surface area (TPSA) is 68.4 Å². The monoisotopic (exact) mass is 188 g/mol. The predicted octanol–water partition coefficient (Wildman–Crippen LogP) is 0.534. The lowest BCUT2D eigenvalue weighted by Gasteiger charge is -2.01. The highest BCUT2D eigenvalue weighted by molar-refractivity contribution is 7.11. The maximum atomic E-state index is 8.73. The van der Waals surface area contributed by atoms with Gasteiger partial charge in [-0.15, -0.1) is 0 Å². The smallest absolute Gasteiger partial charge is 0.273 e. The van der Waals surface area contributed by atoms with Gasteiger partial charge in [0.15, 0.2) is 0 Å². The number of hydrogen-bond donors (Lipinski definition) is 2. The van der Waals surface area contributed by atoms with Crippen molar-refractivity contribution in [1.29, 1.82) is 0 Å². The molecule has 1 aromatic rings. The van der Waals surface area contributed by atoms with E-state index < -0.39 is 6.04 Å². The Kier molecular flexibility index (Phi) is 3.46. The minimum absolute atomic E-state index is 0.0880. The van der Waals surface area contributed by atoms with Gasteiger partial charge in [0.05, 0.1) is 24.9 Å². The van der Waals surface area contributed by atoms with E-state index in [0.29, 0.717) is 17.5 Å². The second-order valence-corrected chi connectivity index (χ2v) is 3.08. The van der Waals surface area contributed by atoms with Crippen molar-refractivity contribution in [3.63, 3.8) is 0 Å². The summed E-state index contributed by atoms with van der Waals surface area (Å²) in [6.45, 7) is 2.41. The first-order chi connectivity index (χ1) is 5.77. The van der Waals surface area contributed by atoms with Gasteiger partial charge in [-0.05, 0) is 6.92 Å². The van der Waals surface area contributed by atoms with Crippen LogP contribution in [0.3, 0.4) is 0 Å². The molecule has 1 unspecified atom stereocenters. The first-order valence-corrected chi connectivity index (χ1v) is 4.60. The molecule has 4 nitrogen and oxygen atoms in total. The van der Waals surface area contributed by atoms with Gasteiger partial charge in [0.1, 0.15) is 0 Å². The second kappa shape index (κ2) is 4.39. The van der Waals surface area contributed by atoms with Gasteiger partial charge in [-0.3, -0.25) is 0 Å². The quantitative estimate of drug-likeness (QED) is 0.723. The van der Waals surface area contributed by atoms with E-state index in [4.69, 9.17) is 15.6 Å². The molecule has 1 atom stereocenters. The summed E-state index contributed by atoms with van der Waals surface area (Å²) in [7, 11) is 0. The molecule has 0 aliphatic rings. The molecule has 0 saturated heterocycles. The van der Waals surface area contributed by atoms with Crippen LogP contribution in [0.1, 0.15) is 18.7 Å². The van der Waals surface area contributed by atoms with E-state index in [1.807, 2.05) is 6.92 Å². The lowest BCUT2D eigenvalue weighted by molar-refractivity contribution is 0.265. The minimum atomic E-state index is -0.393. The molecule has 68 valence electrons. The van der Waals surface area contributed by atoms with Crippen LogP contribution >= 0.6 is 11.3 Å². The molecule has 1 rings (SSSR count). The highest BCUT2D eigenvalue weighted by Crippen LogP contribution is 2.21. The van der Waals surface area contributed by atoms with E-state index in [-0.39, 0.29) is 6.61 Å². The van der Waals surface area contributed by atoms with E-state index >= 15 is 0 Å². The van der Waals surface area contributed by atoms with E-state index in [1.165, 1.54) is 11.3 Å². The summed E-state index contributed by atoms with van der Waals surface area (Å²) in [6, 6.07) is -0.393. The standard InChI is InChI=1S/C7H12N2O2S/c1-2-11-7-9-6(4-12-7)5(8)3-10/h4-5,10H,2-3,8H2,1H3. The summed E-state index contributed by atoms with van der Waals surface area (Å²) in [5.74, 6) is 0. The fourth-order valence-electron chi connectivity index (χ4n) is 0.723. The molecule has 0 aliphatic carbocycles. The summed E-state index contributed by atoms with van der Waals surface area (Å²) in [5.41, 5.74) is 6.23. The van der Waals surface area contributed by atoms with Crippen LogP contribution in [0.2, 0.25) is 0 Å². The van der Waals surface area contributed by atoms with Crippen LogP contribution in [0.25, 0.3) is 0 Å². The van der Waals surface area contributed by atoms with Crippen LogP contribution in [-0.4, -0.2) is 23.3 Å². The zero-order valence-electron chi connectivity index (χ0n) is 6.86. The molecule has 3 N–H and O–H groups in total. The van der Waals surface area contributed by atoms with Crippen molar-refractivity contribution in [3.8, 4) is 5.19 Å². The van der Waals surface area contributed by atoms with Gasteiger partial charge in [0.2, 0.25) is 0 Å². The van der Waals surface area contributed by atoms with E-state index in [2.05, 4.69) is 4.98 Å². The predicted molar refractivity (Wildman–Crippen MR) is 47.3 cm³/mol. The van der Waals surface area contributed by atoms with Gasteiger partial charge >= 0.3 is 0 Å². The summed E-state index contributed by atoms with van der Waals surface area (Å²) in [4.78, 5) is 4.08. The molecule has 0 radical (unpaired) electrons. The van der Waals surface area contributed by atoms with Crippen molar-refractivity contribution in [1.82, 2.24) is 4.98 Å². The maximum absolute atomic E-state index is 8.73. The Morgan fingerprint density at radius 1 is 1.83 bits per heavy atom. The number of rotatable bonds is 4. The number of thiazole rings is 1. The van der Waals surface area contributed by atoms with E-state index in [1.54, 1.807) is 5.38 Å². The lowest BCUT2D eigenvalue weighted by atomic mass is 10.3. The number of ether oxygens (including phenoxy) is 1. The molecule has 5 heteroatoms. The third kappa shape index (κ3) is 2.17. The van der Waals surface area contributed by atoms with Crippen LogP contribution in [0.15, 0.2) is 5.38 Å². The number of aliphatic hydroxyl groups excluding tert-OH is 1. The van der Waals surface area contributed by atoms with Gasteiger partial charge < -0.3 is 15.6 Å². The fraction of sp³-hybridized carbons (Fsp3) is 0.571. The van der Waals surface area contributed by atoms with E-state index in [0.717, 1.165) is 0 Å². The van der Waals surface area contributed by atoms with Gasteiger partial charge in [-0.25, -0.2) is 4.98 Å². The van der Waals surface area contributed by atoms with Crippen molar-refractivity contribution in [2.75, 3.05) is 13.2 Å². The SMILES string of the molecule is CCOc1nc(C(N)CO)cs1.